The fourth-order valence-corrected chi connectivity index (χ4v) is 1.47. The Balaban J connectivity index is 0.000000621. The molecule has 0 fully saturated rings. The van der Waals surface area contributed by atoms with Crippen LogP contribution in [0.1, 0.15) is 36.2 Å². The lowest BCUT2D eigenvalue weighted by molar-refractivity contribution is 0.112. The Morgan fingerprint density at radius 2 is 1.95 bits per heavy atom. The van der Waals surface area contributed by atoms with E-state index in [0.29, 0.717) is 18.5 Å². The van der Waals surface area contributed by atoms with Gasteiger partial charge in [0.15, 0.2) is 11.6 Å². The highest BCUT2D eigenvalue weighted by Crippen LogP contribution is 2.22. The monoisotopic (exact) mass is 324 g/mol. The first-order valence-corrected chi connectivity index (χ1v) is 7.08. The Hall–Kier alpha value is -0.840. The van der Waals surface area contributed by atoms with Crippen molar-refractivity contribution in [2.75, 3.05) is 13.7 Å². The zero-order valence-electron chi connectivity index (χ0n) is 11.8. The van der Waals surface area contributed by atoms with E-state index in [2.05, 4.69) is 4.74 Å². The van der Waals surface area contributed by atoms with E-state index in [4.69, 9.17) is 27.9 Å². The number of hydrogen-bond donors (Lipinski definition) is 0. The summed E-state index contributed by atoms with van der Waals surface area (Å²) in [4.78, 5) is 10.7. The van der Waals surface area contributed by atoms with Gasteiger partial charge in [-0.05, 0) is 31.0 Å². The fourth-order valence-electron chi connectivity index (χ4n) is 1.47. The highest BCUT2D eigenvalue weighted by Gasteiger charge is 2.09. The van der Waals surface area contributed by atoms with Crippen LogP contribution < -0.4 is 4.74 Å². The van der Waals surface area contributed by atoms with Gasteiger partial charge in [0.1, 0.15) is 6.29 Å². The van der Waals surface area contributed by atoms with Crippen LogP contribution in [0, 0.1) is 5.82 Å². The Labute approximate surface area is 129 Å². The van der Waals surface area contributed by atoms with Crippen molar-refractivity contribution in [2.45, 2.75) is 31.7 Å². The largest absolute Gasteiger partial charge is 0.491 e. The molecule has 0 unspecified atom stereocenters. The van der Waals surface area contributed by atoms with Gasteiger partial charge in [-0.1, -0.05) is 36.5 Å². The van der Waals surface area contributed by atoms with Crippen molar-refractivity contribution in [3.8, 4) is 5.75 Å². The molecule has 0 bridgehead atoms. The number of methoxy groups -OCH3 is 1. The van der Waals surface area contributed by atoms with Gasteiger partial charge in [0.05, 0.1) is 6.61 Å². The molecule has 1 rings (SSSR count). The number of ether oxygens (including phenoxy) is 2. The number of aryl methyl sites for hydroxylation is 1. The summed E-state index contributed by atoms with van der Waals surface area (Å²) >= 11 is 10.0. The van der Waals surface area contributed by atoms with Crippen LogP contribution in [0.3, 0.4) is 0 Å². The van der Waals surface area contributed by atoms with E-state index in [-0.39, 0.29) is 5.75 Å². The van der Waals surface area contributed by atoms with E-state index >= 15 is 0 Å². The van der Waals surface area contributed by atoms with Gasteiger partial charge in [0.2, 0.25) is 5.02 Å². The van der Waals surface area contributed by atoms with Crippen molar-refractivity contribution in [1.82, 2.24) is 0 Å². The summed E-state index contributed by atoms with van der Waals surface area (Å²) in [5, 5.41) is -0.671. The molecule has 0 N–H and O–H groups in total. The molecule has 114 valence electrons. The quantitative estimate of drug-likeness (QED) is 0.575. The summed E-state index contributed by atoms with van der Waals surface area (Å²) in [6.45, 7) is 4.23. The predicted molar refractivity (Wildman–Crippen MR) is 79.5 cm³/mol. The Morgan fingerprint density at radius 3 is 2.35 bits per heavy atom. The Bertz CT molecular complexity index is 412. The summed E-state index contributed by atoms with van der Waals surface area (Å²) in [5.41, 5.74) is 1.26. The summed E-state index contributed by atoms with van der Waals surface area (Å²) in [5.74, 6) is -0.245. The zero-order valence-corrected chi connectivity index (χ0v) is 13.3. The lowest BCUT2D eigenvalue weighted by Gasteiger charge is -2.09. The van der Waals surface area contributed by atoms with Gasteiger partial charge >= 0.3 is 0 Å². The van der Waals surface area contributed by atoms with Crippen LogP contribution in [0.2, 0.25) is 0 Å². The smallest absolute Gasteiger partial charge is 0.206 e. The molecular weight excluding hydrogens is 306 g/mol. The summed E-state index contributed by atoms with van der Waals surface area (Å²) < 4.78 is 22.8. The van der Waals surface area contributed by atoms with E-state index < -0.39 is 10.8 Å². The number of rotatable bonds is 6. The molecule has 0 aromatic heterocycles. The average Bonchev–Trinajstić information content (AvgIpc) is 2.43. The Morgan fingerprint density at radius 1 is 1.35 bits per heavy atom. The van der Waals surface area contributed by atoms with Crippen LogP contribution in [0.5, 0.6) is 5.75 Å². The van der Waals surface area contributed by atoms with Gasteiger partial charge in [-0.25, -0.2) is 4.39 Å². The van der Waals surface area contributed by atoms with Crippen molar-refractivity contribution in [3.63, 3.8) is 0 Å². The predicted octanol–water partition coefficient (Wildman–Crippen LogP) is 4.38. The van der Waals surface area contributed by atoms with Crippen LogP contribution in [0.15, 0.2) is 12.1 Å². The molecule has 0 radical (unpaired) electrons. The molecule has 0 heterocycles. The average molecular weight is 325 g/mol. The number of benzene rings is 1. The molecule has 0 saturated heterocycles. The van der Waals surface area contributed by atoms with E-state index in [0.717, 1.165) is 18.4 Å². The van der Waals surface area contributed by atoms with Crippen molar-refractivity contribution in [3.05, 3.63) is 29.1 Å². The summed E-state index contributed by atoms with van der Waals surface area (Å²) in [6, 6.07) is 2.86. The number of halogens is 3. The molecule has 1 aromatic carbocycles. The van der Waals surface area contributed by atoms with Crippen LogP contribution in [0.4, 0.5) is 4.39 Å². The molecule has 0 aliphatic rings. The standard InChI is InChI=1S/C12H15FO2.C2H4Cl2O/c1-3-5-9-7-12(15-4-2)11(13)6-10(9)8-14;1-5-2(3)4/h6-8H,3-5H2,1-2H3;2H,1H3. The van der Waals surface area contributed by atoms with Crippen molar-refractivity contribution in [1.29, 1.82) is 0 Å². The molecule has 6 heteroatoms. The first kappa shape index (κ1) is 19.2. The topological polar surface area (TPSA) is 35.5 Å². The third-order valence-corrected chi connectivity index (χ3v) is 2.67. The summed E-state index contributed by atoms with van der Waals surface area (Å²) in [7, 11) is 1.44. The fraction of sp³-hybridized carbons (Fsp3) is 0.500. The second-order valence-corrected chi connectivity index (χ2v) is 4.79. The van der Waals surface area contributed by atoms with Crippen LogP contribution in [-0.4, -0.2) is 25.0 Å². The molecule has 0 amide bonds. The lowest BCUT2D eigenvalue weighted by atomic mass is 10.0. The van der Waals surface area contributed by atoms with E-state index in [1.165, 1.54) is 13.2 Å². The number of carbonyl (C=O) groups excluding carboxylic acids is 1. The van der Waals surface area contributed by atoms with Gasteiger partial charge in [0, 0.05) is 12.7 Å². The summed E-state index contributed by atoms with van der Waals surface area (Å²) in [6.07, 6.45) is 2.36. The number of aldehydes is 1. The normalized spacial score (nSPS) is 9.95. The first-order valence-electron chi connectivity index (χ1n) is 6.21. The van der Waals surface area contributed by atoms with Gasteiger partial charge in [-0.3, -0.25) is 4.79 Å². The third-order valence-electron chi connectivity index (χ3n) is 2.32. The van der Waals surface area contributed by atoms with Gasteiger partial charge in [0.25, 0.3) is 0 Å². The van der Waals surface area contributed by atoms with Gasteiger partial charge in [-0.2, -0.15) is 0 Å². The number of carbonyl (C=O) groups is 1. The van der Waals surface area contributed by atoms with Crippen molar-refractivity contribution < 1.29 is 18.7 Å². The second kappa shape index (κ2) is 10.9. The lowest BCUT2D eigenvalue weighted by Crippen LogP contribution is -2.00. The van der Waals surface area contributed by atoms with Crippen LogP contribution in [0.25, 0.3) is 0 Å². The molecular formula is C14H19Cl2FO3. The van der Waals surface area contributed by atoms with E-state index in [1.54, 1.807) is 13.0 Å². The minimum absolute atomic E-state index is 0.228. The maximum absolute atomic E-state index is 13.4. The van der Waals surface area contributed by atoms with E-state index in [9.17, 15) is 9.18 Å². The molecule has 1 aromatic rings. The molecule has 20 heavy (non-hydrogen) atoms. The van der Waals surface area contributed by atoms with Crippen LogP contribution in [-0.2, 0) is 11.2 Å². The highest BCUT2D eigenvalue weighted by atomic mass is 35.5. The first-order chi connectivity index (χ1) is 9.49. The molecule has 0 aliphatic heterocycles. The minimum atomic E-state index is -0.671. The highest BCUT2D eigenvalue weighted by molar-refractivity contribution is 6.43. The number of alkyl halides is 2. The molecule has 3 nitrogen and oxygen atoms in total. The Kier molecular flexibility index (Phi) is 10.4. The van der Waals surface area contributed by atoms with Gasteiger partial charge < -0.3 is 9.47 Å². The second-order valence-electron chi connectivity index (χ2n) is 3.78. The molecule has 0 saturated carbocycles. The molecule has 0 atom stereocenters. The minimum Gasteiger partial charge on any atom is -0.491 e. The molecule has 0 aliphatic carbocycles. The SMILES string of the molecule is CCCc1cc(OCC)c(F)cc1C=O.COC(Cl)Cl. The van der Waals surface area contributed by atoms with Crippen LogP contribution >= 0.6 is 23.2 Å². The zero-order chi connectivity index (χ0) is 15.5. The van der Waals surface area contributed by atoms with E-state index in [1.807, 2.05) is 6.92 Å². The van der Waals surface area contributed by atoms with Crippen molar-refractivity contribution in [2.24, 2.45) is 0 Å². The molecule has 0 spiro atoms. The van der Waals surface area contributed by atoms with Gasteiger partial charge in [-0.15, -0.1) is 0 Å². The third kappa shape index (κ3) is 7.08. The number of hydrogen-bond acceptors (Lipinski definition) is 3. The maximum Gasteiger partial charge on any atom is 0.206 e. The van der Waals surface area contributed by atoms with Crippen molar-refractivity contribution >= 4 is 29.5 Å². The maximum atomic E-state index is 13.4.